The van der Waals surface area contributed by atoms with Crippen LogP contribution in [0.1, 0.15) is 45.4 Å². The van der Waals surface area contributed by atoms with Gasteiger partial charge in [0.25, 0.3) is 0 Å². The third kappa shape index (κ3) is 4.77. The van der Waals surface area contributed by atoms with E-state index < -0.39 is 5.97 Å². The summed E-state index contributed by atoms with van der Waals surface area (Å²) in [5.74, 6) is 0.192. The molecule has 4 nitrogen and oxygen atoms in total. The normalized spacial score (nSPS) is 31.6. The highest BCUT2D eigenvalue weighted by Crippen LogP contribution is 2.26. The largest absolute Gasteiger partial charge is 0.480 e. The molecular formula is C15H28N2O2. The van der Waals surface area contributed by atoms with Gasteiger partial charge in [-0.3, -0.25) is 14.6 Å². The number of hydrogen-bond donors (Lipinski definition) is 1. The van der Waals surface area contributed by atoms with Crippen molar-refractivity contribution in [3.8, 4) is 0 Å². The molecule has 0 aromatic carbocycles. The van der Waals surface area contributed by atoms with Gasteiger partial charge in [0.1, 0.15) is 0 Å². The highest BCUT2D eigenvalue weighted by Gasteiger charge is 2.24. The quantitative estimate of drug-likeness (QED) is 0.796. The first kappa shape index (κ1) is 14.8. The van der Waals surface area contributed by atoms with Crippen molar-refractivity contribution >= 4 is 5.97 Å². The molecule has 2 atom stereocenters. The van der Waals surface area contributed by atoms with E-state index in [0.29, 0.717) is 0 Å². The van der Waals surface area contributed by atoms with Gasteiger partial charge < -0.3 is 5.11 Å². The van der Waals surface area contributed by atoms with Crippen molar-refractivity contribution in [1.82, 2.24) is 9.80 Å². The molecule has 1 N–H and O–H groups in total. The average Bonchev–Trinajstić information content (AvgIpc) is 2.69. The lowest BCUT2D eigenvalue weighted by Gasteiger charge is -2.30. The highest BCUT2D eigenvalue weighted by atomic mass is 16.4. The summed E-state index contributed by atoms with van der Waals surface area (Å²) in [5, 5.41) is 8.88. The summed E-state index contributed by atoms with van der Waals surface area (Å²) >= 11 is 0. The Morgan fingerprint density at radius 2 is 1.89 bits per heavy atom. The second kappa shape index (κ2) is 7.25. The lowest BCUT2D eigenvalue weighted by molar-refractivity contribution is -0.138. The van der Waals surface area contributed by atoms with Crippen LogP contribution in [0.15, 0.2) is 0 Å². The second-order valence-electron chi connectivity index (χ2n) is 6.33. The van der Waals surface area contributed by atoms with Crippen molar-refractivity contribution < 1.29 is 9.90 Å². The van der Waals surface area contributed by atoms with E-state index in [1.165, 1.54) is 32.1 Å². The molecule has 110 valence electrons. The van der Waals surface area contributed by atoms with Crippen LogP contribution in [0.3, 0.4) is 0 Å². The van der Waals surface area contributed by atoms with Crippen LogP contribution in [0.4, 0.5) is 0 Å². The van der Waals surface area contributed by atoms with Gasteiger partial charge in [-0.05, 0) is 38.1 Å². The van der Waals surface area contributed by atoms with Crippen LogP contribution in [0.2, 0.25) is 0 Å². The van der Waals surface area contributed by atoms with E-state index in [-0.39, 0.29) is 6.54 Å². The summed E-state index contributed by atoms with van der Waals surface area (Å²) in [6.45, 7) is 6.63. The molecule has 19 heavy (non-hydrogen) atoms. The fourth-order valence-corrected chi connectivity index (χ4v) is 3.54. The molecule has 0 radical (unpaired) electrons. The molecule has 2 aliphatic rings. The maximum absolute atomic E-state index is 10.8. The van der Waals surface area contributed by atoms with Crippen LogP contribution in [0.5, 0.6) is 0 Å². The molecule has 2 fully saturated rings. The van der Waals surface area contributed by atoms with E-state index in [1.54, 1.807) is 0 Å². The van der Waals surface area contributed by atoms with Crippen LogP contribution in [-0.2, 0) is 4.79 Å². The first-order valence-electron chi connectivity index (χ1n) is 7.83. The minimum atomic E-state index is -0.697. The van der Waals surface area contributed by atoms with Crippen molar-refractivity contribution in [2.24, 2.45) is 5.92 Å². The standard InChI is InChI=1S/C15H28N2O2/c1-13-4-2-5-14(7-6-13)17-9-3-8-16(10-11-17)12-15(18)19/h13-14H,2-12H2,1H3,(H,18,19). The lowest BCUT2D eigenvalue weighted by Crippen LogP contribution is -2.39. The minimum Gasteiger partial charge on any atom is -0.480 e. The molecule has 1 saturated carbocycles. The zero-order chi connectivity index (χ0) is 13.7. The van der Waals surface area contributed by atoms with Gasteiger partial charge in [0.2, 0.25) is 0 Å². The average molecular weight is 268 g/mol. The van der Waals surface area contributed by atoms with Crippen LogP contribution in [0.25, 0.3) is 0 Å². The van der Waals surface area contributed by atoms with Gasteiger partial charge >= 0.3 is 5.97 Å². The summed E-state index contributed by atoms with van der Waals surface area (Å²) in [5.41, 5.74) is 0. The topological polar surface area (TPSA) is 43.8 Å². The molecule has 0 amide bonds. The van der Waals surface area contributed by atoms with Gasteiger partial charge in [-0.25, -0.2) is 0 Å². The van der Waals surface area contributed by atoms with Crippen LogP contribution in [0, 0.1) is 5.92 Å². The van der Waals surface area contributed by atoms with Gasteiger partial charge in [0.15, 0.2) is 0 Å². The molecule has 2 unspecified atom stereocenters. The van der Waals surface area contributed by atoms with Gasteiger partial charge in [-0.2, -0.15) is 0 Å². The zero-order valence-corrected chi connectivity index (χ0v) is 12.2. The number of carbonyl (C=O) groups is 1. The maximum atomic E-state index is 10.8. The molecule has 0 bridgehead atoms. The van der Waals surface area contributed by atoms with Crippen molar-refractivity contribution in [3.05, 3.63) is 0 Å². The fraction of sp³-hybridized carbons (Fsp3) is 0.933. The van der Waals surface area contributed by atoms with Gasteiger partial charge in [-0.1, -0.05) is 19.8 Å². The van der Waals surface area contributed by atoms with Crippen molar-refractivity contribution in [2.75, 3.05) is 32.7 Å². The molecule has 0 aromatic rings. The molecule has 1 heterocycles. The summed E-state index contributed by atoms with van der Waals surface area (Å²) in [6, 6.07) is 0.745. The Labute approximate surface area is 116 Å². The Hall–Kier alpha value is -0.610. The number of rotatable bonds is 3. The van der Waals surface area contributed by atoms with E-state index in [1.807, 2.05) is 0 Å². The predicted octanol–water partition coefficient (Wildman–Crippen LogP) is 2.05. The number of carboxylic acids is 1. The maximum Gasteiger partial charge on any atom is 0.317 e. The van der Waals surface area contributed by atoms with Gasteiger partial charge in [-0.15, -0.1) is 0 Å². The molecular weight excluding hydrogens is 240 g/mol. The van der Waals surface area contributed by atoms with E-state index >= 15 is 0 Å². The summed E-state index contributed by atoms with van der Waals surface area (Å²) in [4.78, 5) is 15.5. The molecule has 0 aromatic heterocycles. The Balaban J connectivity index is 1.82. The minimum absolute atomic E-state index is 0.204. The molecule has 1 aliphatic heterocycles. The van der Waals surface area contributed by atoms with Crippen LogP contribution >= 0.6 is 0 Å². The monoisotopic (exact) mass is 268 g/mol. The third-order valence-corrected chi connectivity index (χ3v) is 4.73. The number of hydrogen-bond acceptors (Lipinski definition) is 3. The van der Waals surface area contributed by atoms with E-state index in [9.17, 15) is 4.79 Å². The molecule has 0 spiro atoms. The van der Waals surface area contributed by atoms with E-state index in [4.69, 9.17) is 5.11 Å². The van der Waals surface area contributed by atoms with Crippen molar-refractivity contribution in [2.45, 2.75) is 51.5 Å². The highest BCUT2D eigenvalue weighted by molar-refractivity contribution is 5.69. The van der Waals surface area contributed by atoms with Gasteiger partial charge in [0, 0.05) is 25.7 Å². The van der Waals surface area contributed by atoms with E-state index in [2.05, 4.69) is 16.7 Å². The Bertz CT molecular complexity index is 296. The number of aliphatic carboxylic acids is 1. The van der Waals surface area contributed by atoms with Gasteiger partial charge in [0.05, 0.1) is 6.54 Å². The van der Waals surface area contributed by atoms with E-state index in [0.717, 1.165) is 44.6 Å². The number of carboxylic acid groups (broad SMARTS) is 1. The fourth-order valence-electron chi connectivity index (χ4n) is 3.54. The summed E-state index contributed by atoms with van der Waals surface area (Å²) in [6.07, 6.45) is 7.89. The Kier molecular flexibility index (Phi) is 5.64. The Morgan fingerprint density at radius 1 is 1.05 bits per heavy atom. The SMILES string of the molecule is CC1CCCC(N2CCCN(CC(=O)O)CC2)CC1. The summed E-state index contributed by atoms with van der Waals surface area (Å²) in [7, 11) is 0. The lowest BCUT2D eigenvalue weighted by atomic mass is 10.0. The van der Waals surface area contributed by atoms with Crippen LogP contribution in [-0.4, -0.2) is 59.6 Å². The molecule has 1 aliphatic carbocycles. The first-order chi connectivity index (χ1) is 9.15. The molecule has 2 rings (SSSR count). The molecule has 4 heteroatoms. The smallest absolute Gasteiger partial charge is 0.317 e. The Morgan fingerprint density at radius 3 is 2.68 bits per heavy atom. The molecule has 1 saturated heterocycles. The third-order valence-electron chi connectivity index (χ3n) is 4.73. The number of nitrogens with zero attached hydrogens (tertiary/aromatic N) is 2. The summed E-state index contributed by atoms with van der Waals surface area (Å²) < 4.78 is 0. The first-order valence-corrected chi connectivity index (χ1v) is 7.83. The second-order valence-corrected chi connectivity index (χ2v) is 6.33. The predicted molar refractivity (Wildman–Crippen MR) is 76.3 cm³/mol. The van der Waals surface area contributed by atoms with Crippen LogP contribution < -0.4 is 0 Å². The van der Waals surface area contributed by atoms with Crippen molar-refractivity contribution in [3.63, 3.8) is 0 Å². The van der Waals surface area contributed by atoms with Crippen molar-refractivity contribution in [1.29, 1.82) is 0 Å². The zero-order valence-electron chi connectivity index (χ0n) is 12.2.